The molecule has 4 rings (SSSR count). The third kappa shape index (κ3) is 6.22. The van der Waals surface area contributed by atoms with Crippen LogP contribution in [0.25, 0.3) is 17.1 Å². The fraction of sp³-hybridized carbons (Fsp3) is 0.280. The standard InChI is InChI=1S/C25H22ClF3N8O3/c1-34(12-4-11-30)23(39)18-5-2-3-6-19(18)37-15-31-21(32-37)14-36-24(40)35(13-20(38)25(27,28)29)22(33-36)16-7-9-17(26)10-8-16/h2-3,5-10,15,20,38H,4,12-14H2,1H3/t20-/m0/s1. The molecule has 0 saturated carbocycles. The van der Waals surface area contributed by atoms with E-state index in [1.54, 1.807) is 31.3 Å². The second kappa shape index (κ2) is 11.7. The van der Waals surface area contributed by atoms with E-state index in [0.717, 1.165) is 9.25 Å². The second-order valence-electron chi connectivity index (χ2n) is 8.70. The maximum absolute atomic E-state index is 13.1. The van der Waals surface area contributed by atoms with Crippen LogP contribution in [0.2, 0.25) is 5.02 Å². The first-order valence-electron chi connectivity index (χ1n) is 11.8. The van der Waals surface area contributed by atoms with Crippen molar-refractivity contribution in [2.45, 2.75) is 31.8 Å². The second-order valence-corrected chi connectivity index (χ2v) is 9.13. The van der Waals surface area contributed by atoms with Crippen LogP contribution in [0.1, 0.15) is 22.6 Å². The van der Waals surface area contributed by atoms with E-state index < -0.39 is 24.5 Å². The molecule has 0 aliphatic carbocycles. The molecule has 11 nitrogen and oxygen atoms in total. The van der Waals surface area contributed by atoms with Gasteiger partial charge < -0.3 is 10.0 Å². The van der Waals surface area contributed by atoms with E-state index in [-0.39, 0.29) is 37.1 Å². The summed E-state index contributed by atoms with van der Waals surface area (Å²) < 4.78 is 42.2. The number of aliphatic hydroxyl groups is 1. The number of benzene rings is 2. The minimum atomic E-state index is -4.95. The summed E-state index contributed by atoms with van der Waals surface area (Å²) in [5.74, 6) is -0.361. The monoisotopic (exact) mass is 574 g/mol. The topological polar surface area (TPSA) is 135 Å². The van der Waals surface area contributed by atoms with Gasteiger partial charge in [0, 0.05) is 24.2 Å². The minimum absolute atomic E-state index is 0.0888. The van der Waals surface area contributed by atoms with Gasteiger partial charge in [0.15, 0.2) is 17.8 Å². The van der Waals surface area contributed by atoms with Crippen LogP contribution in [0.4, 0.5) is 13.2 Å². The van der Waals surface area contributed by atoms with Crippen molar-refractivity contribution in [3.63, 3.8) is 0 Å². The van der Waals surface area contributed by atoms with Crippen LogP contribution in [0, 0.1) is 11.3 Å². The Kier molecular flexibility index (Phi) is 8.36. The molecule has 0 aliphatic heterocycles. The largest absolute Gasteiger partial charge is 0.416 e. The molecule has 0 spiro atoms. The normalized spacial score (nSPS) is 12.2. The lowest BCUT2D eigenvalue weighted by Gasteiger charge is -2.17. The Bertz CT molecular complexity index is 1600. The van der Waals surface area contributed by atoms with Gasteiger partial charge in [0.05, 0.1) is 30.3 Å². The number of rotatable bonds is 9. The molecule has 40 heavy (non-hydrogen) atoms. The summed E-state index contributed by atoms with van der Waals surface area (Å²) in [4.78, 5) is 31.6. The Balaban J connectivity index is 1.66. The number of aromatic nitrogens is 6. The molecule has 15 heteroatoms. The number of nitriles is 1. The summed E-state index contributed by atoms with van der Waals surface area (Å²) in [6.07, 6.45) is -6.26. The highest BCUT2D eigenvalue weighted by Crippen LogP contribution is 2.24. The van der Waals surface area contributed by atoms with Gasteiger partial charge in [-0.2, -0.15) is 18.4 Å². The summed E-state index contributed by atoms with van der Waals surface area (Å²) in [6.45, 7) is -1.15. The van der Waals surface area contributed by atoms with Crippen LogP contribution in [-0.4, -0.2) is 70.9 Å². The van der Waals surface area contributed by atoms with Gasteiger partial charge in [-0.3, -0.25) is 9.36 Å². The van der Waals surface area contributed by atoms with Crippen LogP contribution in [-0.2, 0) is 13.1 Å². The van der Waals surface area contributed by atoms with E-state index in [1.807, 2.05) is 6.07 Å². The molecule has 1 amide bonds. The van der Waals surface area contributed by atoms with Gasteiger partial charge in [0.1, 0.15) is 12.9 Å². The first kappa shape index (κ1) is 28.5. The molecule has 0 fully saturated rings. The van der Waals surface area contributed by atoms with Crippen LogP contribution in [0.5, 0.6) is 0 Å². The van der Waals surface area contributed by atoms with Gasteiger partial charge in [0.2, 0.25) is 0 Å². The molecule has 1 atom stereocenters. The average Bonchev–Trinajstić information content (AvgIpc) is 3.51. The summed E-state index contributed by atoms with van der Waals surface area (Å²) in [6, 6.07) is 14.5. The Labute approximate surface area is 230 Å². The van der Waals surface area contributed by atoms with Crippen molar-refractivity contribution >= 4 is 17.5 Å². The highest BCUT2D eigenvalue weighted by molar-refractivity contribution is 6.30. The summed E-state index contributed by atoms with van der Waals surface area (Å²) >= 11 is 5.91. The molecule has 0 unspecified atom stereocenters. The Morgan fingerprint density at radius 3 is 2.55 bits per heavy atom. The van der Waals surface area contributed by atoms with E-state index in [4.69, 9.17) is 16.9 Å². The number of halogens is 4. The van der Waals surface area contributed by atoms with Gasteiger partial charge in [0.25, 0.3) is 5.91 Å². The lowest BCUT2D eigenvalue weighted by molar-refractivity contribution is -0.207. The molecule has 208 valence electrons. The van der Waals surface area contributed by atoms with Crippen molar-refractivity contribution in [2.75, 3.05) is 13.6 Å². The number of para-hydroxylation sites is 1. The summed E-state index contributed by atoms with van der Waals surface area (Å²) in [5.41, 5.74) is 0.0791. The van der Waals surface area contributed by atoms with Crippen molar-refractivity contribution in [1.29, 1.82) is 5.26 Å². The Morgan fingerprint density at radius 1 is 1.18 bits per heavy atom. The maximum Gasteiger partial charge on any atom is 0.416 e. The van der Waals surface area contributed by atoms with Crippen LogP contribution in [0.15, 0.2) is 59.7 Å². The summed E-state index contributed by atoms with van der Waals surface area (Å²) in [5, 5.41) is 27.3. The molecule has 0 saturated heterocycles. The van der Waals surface area contributed by atoms with Gasteiger partial charge in [-0.1, -0.05) is 23.7 Å². The van der Waals surface area contributed by atoms with Crippen LogP contribution < -0.4 is 5.69 Å². The molecule has 2 aromatic heterocycles. The van der Waals surface area contributed by atoms with E-state index in [2.05, 4.69) is 15.2 Å². The SMILES string of the molecule is CN(CCC#N)C(=O)c1ccccc1-n1cnc(Cn2nc(-c3ccc(Cl)cc3)n(C[C@H](O)C(F)(F)F)c2=O)n1. The fourth-order valence-corrected chi connectivity index (χ4v) is 3.92. The number of aliphatic hydroxyl groups excluding tert-OH is 1. The fourth-order valence-electron chi connectivity index (χ4n) is 3.80. The third-order valence-electron chi connectivity index (χ3n) is 5.88. The Hall–Kier alpha value is -4.48. The number of nitrogens with zero attached hydrogens (tertiary/aromatic N) is 8. The van der Waals surface area contributed by atoms with E-state index >= 15 is 0 Å². The molecule has 2 heterocycles. The minimum Gasteiger partial charge on any atom is -0.382 e. The molecular formula is C25H22ClF3N8O3. The number of amides is 1. The van der Waals surface area contributed by atoms with Gasteiger partial charge in [-0.15, -0.1) is 10.2 Å². The van der Waals surface area contributed by atoms with Gasteiger partial charge in [-0.05, 0) is 36.4 Å². The van der Waals surface area contributed by atoms with Gasteiger partial charge in [-0.25, -0.2) is 19.1 Å². The zero-order chi connectivity index (χ0) is 29.0. The highest BCUT2D eigenvalue weighted by Gasteiger charge is 2.39. The number of hydrogen-bond acceptors (Lipinski definition) is 7. The predicted octanol–water partition coefficient (Wildman–Crippen LogP) is 2.90. The van der Waals surface area contributed by atoms with Crippen molar-refractivity contribution in [3.8, 4) is 23.1 Å². The molecule has 0 aliphatic rings. The number of carbonyl (C=O) groups excluding carboxylic acids is 1. The molecule has 2 aromatic carbocycles. The quantitative estimate of drug-likeness (QED) is 0.325. The van der Waals surface area contributed by atoms with Gasteiger partial charge >= 0.3 is 11.9 Å². The lowest BCUT2D eigenvalue weighted by Crippen LogP contribution is -2.37. The molecule has 1 N–H and O–H groups in total. The number of carbonyl (C=O) groups is 1. The number of hydrogen-bond donors (Lipinski definition) is 1. The molecule has 0 radical (unpaired) electrons. The Morgan fingerprint density at radius 2 is 1.88 bits per heavy atom. The number of alkyl halides is 3. The van der Waals surface area contributed by atoms with Crippen LogP contribution in [0.3, 0.4) is 0 Å². The van der Waals surface area contributed by atoms with Crippen LogP contribution >= 0.6 is 11.6 Å². The van der Waals surface area contributed by atoms with E-state index in [9.17, 15) is 27.9 Å². The lowest BCUT2D eigenvalue weighted by atomic mass is 10.1. The third-order valence-corrected chi connectivity index (χ3v) is 6.13. The van der Waals surface area contributed by atoms with Crippen molar-refractivity contribution in [2.24, 2.45) is 0 Å². The van der Waals surface area contributed by atoms with E-state index in [1.165, 1.54) is 40.2 Å². The molecular weight excluding hydrogens is 553 g/mol. The van der Waals surface area contributed by atoms with Crippen molar-refractivity contribution < 1.29 is 23.1 Å². The summed E-state index contributed by atoms with van der Waals surface area (Å²) in [7, 11) is 1.57. The molecule has 0 bridgehead atoms. The van der Waals surface area contributed by atoms with Crippen molar-refractivity contribution in [1.82, 2.24) is 34.0 Å². The first-order valence-corrected chi connectivity index (χ1v) is 12.2. The smallest absolute Gasteiger partial charge is 0.382 e. The van der Waals surface area contributed by atoms with E-state index in [0.29, 0.717) is 21.8 Å². The maximum atomic E-state index is 13.1. The zero-order valence-corrected chi connectivity index (χ0v) is 21.7. The first-order chi connectivity index (χ1) is 19.0. The average molecular weight is 575 g/mol. The highest BCUT2D eigenvalue weighted by atomic mass is 35.5. The predicted molar refractivity (Wildman–Crippen MR) is 137 cm³/mol. The zero-order valence-electron chi connectivity index (χ0n) is 21.0. The van der Waals surface area contributed by atoms with Crippen molar-refractivity contribution in [3.05, 3.63) is 81.8 Å². The molecule has 4 aromatic rings.